The quantitative estimate of drug-likeness (QED) is 0.261. The second-order valence-electron chi connectivity index (χ2n) is 10.4. The number of anilines is 1. The maximum absolute atomic E-state index is 14.1. The first-order valence-corrected chi connectivity index (χ1v) is 16.2. The SMILES string of the molecule is COc1ccc(S(=O)(=O)N(CC(=O)N(Cc2ccc(Cl)c(Cl)c2)C(C)C(=O)NC2CCCC2)c2ccc(F)cc2)cc1OC. The van der Waals surface area contributed by atoms with Crippen molar-refractivity contribution in [2.45, 2.75) is 56.1 Å². The van der Waals surface area contributed by atoms with E-state index < -0.39 is 34.3 Å². The van der Waals surface area contributed by atoms with Crippen molar-refractivity contribution < 1.29 is 31.9 Å². The minimum Gasteiger partial charge on any atom is -0.493 e. The maximum Gasteiger partial charge on any atom is 0.264 e. The second-order valence-corrected chi connectivity index (χ2v) is 13.1. The molecule has 1 aliphatic rings. The zero-order chi connectivity index (χ0) is 32.0. The molecular weight excluding hydrogens is 632 g/mol. The van der Waals surface area contributed by atoms with Gasteiger partial charge in [0.1, 0.15) is 18.4 Å². The van der Waals surface area contributed by atoms with Gasteiger partial charge in [-0.25, -0.2) is 12.8 Å². The predicted molar refractivity (Wildman–Crippen MR) is 167 cm³/mol. The Morgan fingerprint density at radius 3 is 2.23 bits per heavy atom. The van der Waals surface area contributed by atoms with Crippen LogP contribution in [0.15, 0.2) is 65.6 Å². The molecule has 236 valence electrons. The van der Waals surface area contributed by atoms with Crippen LogP contribution in [0.5, 0.6) is 11.5 Å². The topological polar surface area (TPSA) is 105 Å². The minimum atomic E-state index is -4.41. The molecule has 0 bridgehead atoms. The van der Waals surface area contributed by atoms with Crippen LogP contribution in [0.1, 0.15) is 38.2 Å². The minimum absolute atomic E-state index is 0.00743. The summed E-state index contributed by atoms with van der Waals surface area (Å²) in [7, 11) is -1.63. The van der Waals surface area contributed by atoms with E-state index in [1.54, 1.807) is 25.1 Å². The number of methoxy groups -OCH3 is 2. The third kappa shape index (κ3) is 7.75. The molecule has 44 heavy (non-hydrogen) atoms. The van der Waals surface area contributed by atoms with Crippen LogP contribution in [0, 0.1) is 5.82 Å². The highest BCUT2D eigenvalue weighted by molar-refractivity contribution is 7.92. The molecule has 3 aromatic carbocycles. The Morgan fingerprint density at radius 1 is 0.955 bits per heavy atom. The molecule has 0 spiro atoms. The van der Waals surface area contributed by atoms with Gasteiger partial charge < -0.3 is 19.7 Å². The summed E-state index contributed by atoms with van der Waals surface area (Å²) in [4.78, 5) is 28.6. The summed E-state index contributed by atoms with van der Waals surface area (Å²) >= 11 is 12.3. The number of halogens is 3. The highest BCUT2D eigenvalue weighted by Crippen LogP contribution is 2.33. The molecule has 1 fully saturated rings. The lowest BCUT2D eigenvalue weighted by molar-refractivity contribution is -0.139. The number of carbonyl (C=O) groups is 2. The number of hydrogen-bond acceptors (Lipinski definition) is 6. The van der Waals surface area contributed by atoms with Gasteiger partial charge in [-0.2, -0.15) is 0 Å². The van der Waals surface area contributed by atoms with E-state index in [2.05, 4.69) is 5.32 Å². The van der Waals surface area contributed by atoms with Crippen LogP contribution < -0.4 is 19.1 Å². The summed E-state index contributed by atoms with van der Waals surface area (Å²) in [5, 5.41) is 3.60. The molecule has 1 saturated carbocycles. The molecule has 9 nitrogen and oxygen atoms in total. The molecule has 2 amide bonds. The van der Waals surface area contributed by atoms with E-state index in [0.29, 0.717) is 16.3 Å². The molecular formula is C31H34Cl2FN3O6S. The second kappa shape index (κ2) is 14.5. The first-order chi connectivity index (χ1) is 20.9. The Kier molecular flexibility index (Phi) is 11.0. The Labute approximate surface area is 266 Å². The zero-order valence-electron chi connectivity index (χ0n) is 24.6. The lowest BCUT2D eigenvalue weighted by Gasteiger charge is -2.32. The smallest absolute Gasteiger partial charge is 0.264 e. The summed E-state index contributed by atoms with van der Waals surface area (Å²) in [6, 6.07) is 12.6. The van der Waals surface area contributed by atoms with Gasteiger partial charge in [-0.3, -0.25) is 13.9 Å². The zero-order valence-corrected chi connectivity index (χ0v) is 26.9. The number of sulfonamides is 1. The van der Waals surface area contributed by atoms with E-state index in [1.165, 1.54) is 49.5 Å². The van der Waals surface area contributed by atoms with Crippen LogP contribution in [0.3, 0.4) is 0 Å². The summed E-state index contributed by atoms with van der Waals surface area (Å²) in [5.74, 6) is -1.13. The first kappa shape index (κ1) is 33.4. The Morgan fingerprint density at radius 2 is 1.61 bits per heavy atom. The molecule has 3 aromatic rings. The number of amides is 2. The van der Waals surface area contributed by atoms with Crippen LogP contribution in [0.4, 0.5) is 10.1 Å². The Balaban J connectivity index is 1.72. The molecule has 0 radical (unpaired) electrons. The van der Waals surface area contributed by atoms with Crippen LogP contribution in [0.2, 0.25) is 10.0 Å². The number of rotatable bonds is 12. The van der Waals surface area contributed by atoms with Gasteiger partial charge in [-0.15, -0.1) is 0 Å². The molecule has 1 N–H and O–H groups in total. The van der Waals surface area contributed by atoms with Crippen molar-refractivity contribution in [2.24, 2.45) is 0 Å². The average Bonchev–Trinajstić information content (AvgIpc) is 3.53. The number of benzene rings is 3. The molecule has 1 atom stereocenters. The largest absolute Gasteiger partial charge is 0.493 e. The number of hydrogen-bond donors (Lipinski definition) is 1. The van der Waals surface area contributed by atoms with E-state index in [1.807, 2.05) is 0 Å². The molecule has 0 aliphatic heterocycles. The number of carbonyl (C=O) groups excluding carboxylic acids is 2. The molecule has 1 aliphatic carbocycles. The average molecular weight is 667 g/mol. The lowest BCUT2D eigenvalue weighted by atomic mass is 10.1. The molecule has 0 saturated heterocycles. The van der Waals surface area contributed by atoms with Gasteiger partial charge in [-0.1, -0.05) is 42.1 Å². The molecule has 0 heterocycles. The third-order valence-electron chi connectivity index (χ3n) is 7.54. The van der Waals surface area contributed by atoms with E-state index in [4.69, 9.17) is 32.7 Å². The Hall–Kier alpha value is -3.54. The van der Waals surface area contributed by atoms with Crippen molar-refractivity contribution in [3.8, 4) is 11.5 Å². The molecule has 4 rings (SSSR count). The van der Waals surface area contributed by atoms with Gasteiger partial charge in [0.05, 0.1) is 34.8 Å². The standard InChI is InChI=1S/C31H34Cl2FN3O6S/c1-20(31(39)35-23-6-4-5-7-23)36(18-21-8-14-26(32)27(33)16-21)30(38)19-37(24-11-9-22(34)10-12-24)44(40,41)25-13-15-28(42-2)29(17-25)43-3/h8-17,20,23H,4-7,18-19H2,1-3H3,(H,35,39). The van der Waals surface area contributed by atoms with Gasteiger partial charge in [0.25, 0.3) is 10.0 Å². The van der Waals surface area contributed by atoms with Crippen LogP contribution in [-0.4, -0.2) is 58.0 Å². The lowest BCUT2D eigenvalue weighted by Crippen LogP contribution is -2.52. The van der Waals surface area contributed by atoms with Gasteiger partial charge in [0.2, 0.25) is 11.8 Å². The molecule has 13 heteroatoms. The van der Waals surface area contributed by atoms with Crippen LogP contribution in [0.25, 0.3) is 0 Å². The van der Waals surface area contributed by atoms with Gasteiger partial charge in [-0.05, 0) is 73.9 Å². The normalized spacial score (nSPS) is 14.1. The highest BCUT2D eigenvalue weighted by atomic mass is 35.5. The molecule has 1 unspecified atom stereocenters. The van der Waals surface area contributed by atoms with E-state index in [9.17, 15) is 22.4 Å². The summed E-state index contributed by atoms with van der Waals surface area (Å²) in [5.41, 5.74) is 0.636. The van der Waals surface area contributed by atoms with Crippen LogP contribution >= 0.6 is 23.2 Å². The summed E-state index contributed by atoms with van der Waals surface area (Å²) in [6.45, 7) is 0.845. The Bertz CT molecular complexity index is 1600. The van der Waals surface area contributed by atoms with Crippen molar-refractivity contribution in [2.75, 3.05) is 25.1 Å². The van der Waals surface area contributed by atoms with Gasteiger partial charge >= 0.3 is 0 Å². The van der Waals surface area contributed by atoms with Crippen molar-refractivity contribution in [3.05, 3.63) is 82.1 Å². The van der Waals surface area contributed by atoms with Crippen molar-refractivity contribution in [1.29, 1.82) is 0 Å². The monoisotopic (exact) mass is 665 g/mol. The molecule has 0 aromatic heterocycles. The first-order valence-electron chi connectivity index (χ1n) is 14.0. The fourth-order valence-electron chi connectivity index (χ4n) is 5.05. The highest BCUT2D eigenvalue weighted by Gasteiger charge is 2.34. The number of ether oxygens (including phenoxy) is 2. The number of nitrogens with zero attached hydrogens (tertiary/aromatic N) is 2. The van der Waals surface area contributed by atoms with Crippen LogP contribution in [-0.2, 0) is 26.2 Å². The van der Waals surface area contributed by atoms with Crippen molar-refractivity contribution in [3.63, 3.8) is 0 Å². The predicted octanol–water partition coefficient (Wildman–Crippen LogP) is 5.82. The summed E-state index contributed by atoms with van der Waals surface area (Å²) in [6.07, 6.45) is 3.71. The van der Waals surface area contributed by atoms with E-state index in [-0.39, 0.29) is 39.8 Å². The fraction of sp³-hybridized carbons (Fsp3) is 0.355. The fourth-order valence-corrected chi connectivity index (χ4v) is 6.80. The van der Waals surface area contributed by atoms with Crippen molar-refractivity contribution in [1.82, 2.24) is 10.2 Å². The van der Waals surface area contributed by atoms with E-state index >= 15 is 0 Å². The van der Waals surface area contributed by atoms with E-state index in [0.717, 1.165) is 42.1 Å². The summed E-state index contributed by atoms with van der Waals surface area (Å²) < 4.78 is 53.4. The maximum atomic E-state index is 14.1. The third-order valence-corrected chi connectivity index (χ3v) is 10.1. The number of nitrogens with one attached hydrogen (secondary N) is 1. The van der Waals surface area contributed by atoms with Gasteiger partial charge in [0, 0.05) is 18.7 Å². The van der Waals surface area contributed by atoms with Gasteiger partial charge in [0.15, 0.2) is 11.5 Å². The van der Waals surface area contributed by atoms with Crippen molar-refractivity contribution >= 4 is 50.7 Å².